The average molecular weight is 526 g/mol. The number of amides is 2. The number of hydrogen-bond acceptors (Lipinski definition) is 8. The van der Waals surface area contributed by atoms with Crippen molar-refractivity contribution in [2.75, 3.05) is 24.2 Å². The molecule has 3 aromatic carbocycles. The molecule has 0 radical (unpaired) electrons. The first kappa shape index (κ1) is 27.3. The molecule has 9 heteroatoms. The van der Waals surface area contributed by atoms with E-state index in [9.17, 15) is 14.4 Å². The minimum absolute atomic E-state index is 0.102. The van der Waals surface area contributed by atoms with Crippen LogP contribution < -0.4 is 10.0 Å². The number of allylic oxidation sites excluding steroid dienone is 1. The predicted molar refractivity (Wildman–Crippen MR) is 150 cm³/mol. The second-order valence-electron chi connectivity index (χ2n) is 8.87. The summed E-state index contributed by atoms with van der Waals surface area (Å²) < 4.78 is 5.71. The summed E-state index contributed by atoms with van der Waals surface area (Å²) in [6.45, 7) is 3.88. The summed E-state index contributed by atoms with van der Waals surface area (Å²) in [4.78, 5) is 40.0. The Morgan fingerprint density at radius 2 is 1.51 bits per heavy atom. The lowest BCUT2D eigenvalue weighted by Gasteiger charge is -2.35. The van der Waals surface area contributed by atoms with E-state index in [2.05, 4.69) is 10.2 Å². The van der Waals surface area contributed by atoms with E-state index < -0.39 is 5.91 Å². The molecule has 9 nitrogen and oxygen atoms in total. The number of carbonyl (C=O) groups is 3. The zero-order valence-corrected chi connectivity index (χ0v) is 22.4. The largest absolute Gasteiger partial charge is 0.479 e. The zero-order chi connectivity index (χ0) is 27.9. The molecule has 0 unspecified atom stereocenters. The number of azo groups is 1. The highest BCUT2D eigenvalue weighted by molar-refractivity contribution is 6.23. The van der Waals surface area contributed by atoms with Crippen molar-refractivity contribution in [2.24, 2.45) is 10.2 Å². The molecule has 1 heterocycles. The van der Waals surface area contributed by atoms with E-state index in [-0.39, 0.29) is 40.3 Å². The molecule has 200 valence electrons. The normalized spacial score (nSPS) is 13.5. The number of aldehydes is 1. The third kappa shape index (κ3) is 5.29. The monoisotopic (exact) mass is 525 g/mol. The van der Waals surface area contributed by atoms with Crippen molar-refractivity contribution in [2.45, 2.75) is 32.7 Å². The Balaban J connectivity index is 1.79. The average Bonchev–Trinajstić information content (AvgIpc) is 3.24. The number of anilines is 2. The molecular formula is C30H31N5O4. The van der Waals surface area contributed by atoms with Gasteiger partial charge >= 0.3 is 0 Å². The van der Waals surface area contributed by atoms with Crippen LogP contribution >= 0.6 is 0 Å². The molecule has 39 heavy (non-hydrogen) atoms. The van der Waals surface area contributed by atoms with Gasteiger partial charge in [0, 0.05) is 13.1 Å². The van der Waals surface area contributed by atoms with Crippen LogP contribution in [0, 0.1) is 0 Å². The van der Waals surface area contributed by atoms with Crippen molar-refractivity contribution in [3.8, 4) is 0 Å². The lowest BCUT2D eigenvalue weighted by Crippen LogP contribution is -2.40. The van der Waals surface area contributed by atoms with Gasteiger partial charge in [0.05, 0.1) is 35.3 Å². The minimum Gasteiger partial charge on any atom is -0.479 e. The topological polar surface area (TPSA) is 94.9 Å². The summed E-state index contributed by atoms with van der Waals surface area (Å²) in [6, 6.07) is 23.6. The highest BCUT2D eigenvalue weighted by Gasteiger charge is 2.40. The van der Waals surface area contributed by atoms with Crippen LogP contribution in [0.3, 0.4) is 0 Å². The second-order valence-corrected chi connectivity index (χ2v) is 8.87. The maximum atomic E-state index is 13.3. The van der Waals surface area contributed by atoms with Crippen LogP contribution in [0.5, 0.6) is 0 Å². The van der Waals surface area contributed by atoms with Gasteiger partial charge in [-0.3, -0.25) is 24.3 Å². The van der Waals surface area contributed by atoms with Gasteiger partial charge in [0.15, 0.2) is 12.0 Å². The summed E-state index contributed by atoms with van der Waals surface area (Å²) in [5, 5.41) is 12.0. The summed E-state index contributed by atoms with van der Waals surface area (Å²) in [5.41, 5.74) is 2.12. The molecule has 4 rings (SSSR count). The van der Waals surface area contributed by atoms with Crippen molar-refractivity contribution in [1.29, 1.82) is 0 Å². The SMILES string of the molecule is CCC(CC)N1C(=O)c2cccc(N=N/C(C=O)=C(\OC)N(c3ccccc3)N(C)c3ccccc3)c2C1=O. The van der Waals surface area contributed by atoms with Crippen molar-refractivity contribution in [3.05, 3.63) is 102 Å². The Hall–Kier alpha value is -4.79. The predicted octanol–water partition coefficient (Wildman–Crippen LogP) is 6.13. The second kappa shape index (κ2) is 12.2. The number of methoxy groups -OCH3 is 1. The molecule has 2 amide bonds. The van der Waals surface area contributed by atoms with Crippen LogP contribution in [-0.4, -0.2) is 43.2 Å². The number of imide groups is 1. The Morgan fingerprint density at radius 1 is 0.897 bits per heavy atom. The first-order valence-electron chi connectivity index (χ1n) is 12.8. The van der Waals surface area contributed by atoms with Crippen molar-refractivity contribution in [3.63, 3.8) is 0 Å². The standard InChI is InChI=1S/C30H31N5O4/c1-5-21(6-2)34-28(37)24-18-13-19-25(27(24)29(34)38)31-32-26(20-36)30(39-4)35(23-16-11-8-12-17-23)33(3)22-14-9-7-10-15-22/h7-21H,5-6H2,1-4H3/b30-26-,32-31?. The Labute approximate surface area is 228 Å². The number of ether oxygens (including phenoxy) is 1. The van der Waals surface area contributed by atoms with Crippen LogP contribution in [0.2, 0.25) is 0 Å². The maximum Gasteiger partial charge on any atom is 0.264 e. The molecule has 0 saturated heterocycles. The van der Waals surface area contributed by atoms with Crippen LogP contribution in [0.4, 0.5) is 17.1 Å². The number of fused-ring (bicyclic) bond motifs is 1. The molecular weight excluding hydrogens is 494 g/mol. The molecule has 0 N–H and O–H groups in total. The van der Waals surface area contributed by atoms with Gasteiger partial charge in [-0.1, -0.05) is 56.3 Å². The van der Waals surface area contributed by atoms with Gasteiger partial charge in [0.1, 0.15) is 0 Å². The molecule has 3 aromatic rings. The van der Waals surface area contributed by atoms with Gasteiger partial charge in [0.25, 0.3) is 11.8 Å². The molecule has 0 atom stereocenters. The summed E-state index contributed by atoms with van der Waals surface area (Å²) in [7, 11) is 3.28. The Morgan fingerprint density at radius 3 is 2.08 bits per heavy atom. The molecule has 0 saturated carbocycles. The Bertz CT molecular complexity index is 1400. The first-order valence-corrected chi connectivity index (χ1v) is 12.8. The van der Waals surface area contributed by atoms with Crippen LogP contribution in [0.15, 0.2) is 101 Å². The molecule has 0 fully saturated rings. The fourth-order valence-corrected chi connectivity index (χ4v) is 4.63. The van der Waals surface area contributed by atoms with Crippen LogP contribution in [0.25, 0.3) is 0 Å². The molecule has 0 spiro atoms. The highest BCUT2D eigenvalue weighted by Crippen LogP contribution is 2.34. The van der Waals surface area contributed by atoms with Crippen molar-refractivity contribution >= 4 is 35.2 Å². The number of benzene rings is 3. The molecule has 0 aromatic heterocycles. The van der Waals surface area contributed by atoms with Gasteiger partial charge in [0.2, 0.25) is 5.88 Å². The molecule has 1 aliphatic rings. The van der Waals surface area contributed by atoms with Crippen molar-refractivity contribution < 1.29 is 19.1 Å². The number of rotatable bonds is 11. The third-order valence-corrected chi connectivity index (χ3v) is 6.64. The van der Waals surface area contributed by atoms with Gasteiger partial charge in [-0.2, -0.15) is 0 Å². The highest BCUT2D eigenvalue weighted by atomic mass is 16.5. The number of hydrazine groups is 1. The smallest absolute Gasteiger partial charge is 0.264 e. The van der Waals surface area contributed by atoms with Gasteiger partial charge in [-0.25, -0.2) is 5.01 Å². The van der Waals surface area contributed by atoms with E-state index in [4.69, 9.17) is 4.74 Å². The van der Waals surface area contributed by atoms with Gasteiger partial charge in [-0.15, -0.1) is 10.2 Å². The lowest BCUT2D eigenvalue weighted by molar-refractivity contribution is -0.105. The zero-order valence-electron chi connectivity index (χ0n) is 22.4. The molecule has 0 aliphatic carbocycles. The maximum absolute atomic E-state index is 13.3. The third-order valence-electron chi connectivity index (χ3n) is 6.64. The number of nitrogens with zero attached hydrogens (tertiary/aromatic N) is 5. The summed E-state index contributed by atoms with van der Waals surface area (Å²) in [6.07, 6.45) is 1.85. The van der Waals surface area contributed by atoms with Crippen molar-refractivity contribution in [1.82, 2.24) is 4.90 Å². The first-order chi connectivity index (χ1) is 19.0. The Kier molecular flexibility index (Phi) is 8.50. The lowest BCUT2D eigenvalue weighted by atomic mass is 10.1. The van der Waals surface area contributed by atoms with E-state index in [0.29, 0.717) is 19.1 Å². The van der Waals surface area contributed by atoms with E-state index in [1.165, 1.54) is 12.0 Å². The summed E-state index contributed by atoms with van der Waals surface area (Å²) in [5.74, 6) is -0.624. The van der Waals surface area contributed by atoms with E-state index in [1.807, 2.05) is 86.6 Å². The van der Waals surface area contributed by atoms with Crippen LogP contribution in [0.1, 0.15) is 47.4 Å². The van der Waals surface area contributed by atoms with E-state index >= 15 is 0 Å². The summed E-state index contributed by atoms with van der Waals surface area (Å²) >= 11 is 0. The van der Waals surface area contributed by atoms with Gasteiger partial charge in [-0.05, 0) is 49.2 Å². The van der Waals surface area contributed by atoms with E-state index in [1.54, 1.807) is 23.2 Å². The van der Waals surface area contributed by atoms with Crippen LogP contribution in [-0.2, 0) is 9.53 Å². The van der Waals surface area contributed by atoms with Gasteiger partial charge < -0.3 is 4.74 Å². The minimum atomic E-state index is -0.406. The molecule has 0 bridgehead atoms. The quantitative estimate of drug-likeness (QED) is 0.0747. The fraction of sp³-hybridized carbons (Fsp3) is 0.233. The number of para-hydroxylation sites is 2. The number of hydrogen-bond donors (Lipinski definition) is 0. The van der Waals surface area contributed by atoms with E-state index in [0.717, 1.165) is 11.4 Å². The molecule has 1 aliphatic heterocycles. The number of carbonyl (C=O) groups excluding carboxylic acids is 3. The fourth-order valence-electron chi connectivity index (χ4n) is 4.63.